The molecule has 0 radical (unpaired) electrons. The zero-order chi connectivity index (χ0) is 18.2. The van der Waals surface area contributed by atoms with Crippen molar-refractivity contribution in [3.8, 4) is 0 Å². The van der Waals surface area contributed by atoms with Crippen LogP contribution in [-0.2, 0) is 4.79 Å². The van der Waals surface area contributed by atoms with Gasteiger partial charge < -0.3 is 10.2 Å². The predicted molar refractivity (Wildman–Crippen MR) is 114 cm³/mol. The average Bonchev–Trinajstić information content (AvgIpc) is 3.10. The van der Waals surface area contributed by atoms with Crippen LogP contribution in [0.1, 0.15) is 38.5 Å². The highest BCUT2D eigenvalue weighted by Crippen LogP contribution is 2.20. The Bertz CT molecular complexity index is 536. The fraction of sp³-hybridized carbons (Fsp3) is 0.706. The van der Waals surface area contributed by atoms with Crippen LogP contribution in [0, 0.1) is 0 Å². The number of carbonyl (C=O) groups is 1. The zero-order valence-corrected chi connectivity index (χ0v) is 17.6. The number of hydrogen-bond acceptors (Lipinski definition) is 4. The van der Waals surface area contributed by atoms with Gasteiger partial charge in [-0.1, -0.05) is 35.6 Å². The summed E-state index contributed by atoms with van der Waals surface area (Å²) in [6.07, 6.45) is 9.39. The third kappa shape index (κ3) is 6.42. The van der Waals surface area contributed by atoms with Crippen molar-refractivity contribution in [1.29, 1.82) is 0 Å². The Morgan fingerprint density at radius 1 is 1.24 bits per heavy atom. The molecule has 1 heterocycles. The fourth-order valence-corrected chi connectivity index (χ4v) is 4.09. The first kappa shape index (κ1) is 20.5. The third-order valence-electron chi connectivity index (χ3n) is 4.35. The monoisotopic (exact) mass is 400 g/mol. The predicted octanol–water partition coefficient (Wildman–Crippen LogP) is 2.78. The molecule has 8 heteroatoms. The number of allylic oxidation sites excluding steroid dienone is 1. The number of nitrogens with zero attached hydrogens (tertiary/aromatic N) is 3. The molecule has 0 unspecified atom stereocenters. The number of nitrogens with one attached hydrogen (secondary N) is 1. The second kappa shape index (κ2) is 10.3. The van der Waals surface area contributed by atoms with Crippen LogP contribution in [0.2, 0.25) is 0 Å². The molecule has 2 rings (SSSR count). The molecule has 1 aliphatic carbocycles. The largest absolute Gasteiger partial charge is 0.364 e. The normalized spacial score (nSPS) is 17.3. The van der Waals surface area contributed by atoms with Crippen LogP contribution in [0.25, 0.3) is 0 Å². The molecule has 1 amide bonds. The highest BCUT2D eigenvalue weighted by atomic mass is 32.2. The van der Waals surface area contributed by atoms with Crippen molar-refractivity contribution in [3.63, 3.8) is 0 Å². The zero-order valence-electron chi connectivity index (χ0n) is 15.1. The molecule has 140 valence electrons. The van der Waals surface area contributed by atoms with Crippen molar-refractivity contribution in [2.75, 3.05) is 39.5 Å². The van der Waals surface area contributed by atoms with Crippen molar-refractivity contribution >= 4 is 51.5 Å². The van der Waals surface area contributed by atoms with Crippen molar-refractivity contribution in [2.24, 2.45) is 0 Å². The first-order chi connectivity index (χ1) is 12.0. The van der Waals surface area contributed by atoms with Gasteiger partial charge in [-0.15, -0.1) is 0 Å². The maximum absolute atomic E-state index is 12.5. The maximum atomic E-state index is 12.5. The molecule has 1 fully saturated rings. The number of carbonyl (C=O) groups excluding carboxylic acids is 1. The number of thioether (sulfide) groups is 1. The first-order valence-electron chi connectivity index (χ1n) is 8.86. The summed E-state index contributed by atoms with van der Waals surface area (Å²) in [5, 5.41) is 7.65. The Hall–Kier alpha value is -0.860. The van der Waals surface area contributed by atoms with E-state index in [0.29, 0.717) is 10.9 Å². The Morgan fingerprint density at radius 3 is 2.68 bits per heavy atom. The SMILES string of the molecule is CN(C)C(=S)SCC(=O)N1CCCN1C(=S)NCCC1=CCCCC1. The minimum atomic E-state index is 0.0610. The number of thiocarbonyl (C=S) groups is 2. The Morgan fingerprint density at radius 2 is 2.00 bits per heavy atom. The fourth-order valence-electron chi connectivity index (χ4n) is 2.96. The van der Waals surface area contributed by atoms with Gasteiger partial charge in [0.15, 0.2) is 5.11 Å². The Labute approximate surface area is 166 Å². The Balaban J connectivity index is 1.76. The Kier molecular flexibility index (Phi) is 8.45. The molecule has 0 aromatic carbocycles. The maximum Gasteiger partial charge on any atom is 0.251 e. The van der Waals surface area contributed by atoms with Gasteiger partial charge in [-0.25, -0.2) is 0 Å². The van der Waals surface area contributed by atoms with Crippen LogP contribution in [0.3, 0.4) is 0 Å². The molecule has 0 saturated carbocycles. The van der Waals surface area contributed by atoms with E-state index in [1.54, 1.807) is 5.01 Å². The minimum absolute atomic E-state index is 0.0610. The van der Waals surface area contributed by atoms with E-state index in [1.165, 1.54) is 43.0 Å². The highest BCUT2D eigenvalue weighted by Gasteiger charge is 2.28. The van der Waals surface area contributed by atoms with Gasteiger partial charge in [0.25, 0.3) is 5.91 Å². The lowest BCUT2D eigenvalue weighted by atomic mass is 9.97. The molecule has 0 atom stereocenters. The lowest BCUT2D eigenvalue weighted by Gasteiger charge is -2.30. The summed E-state index contributed by atoms with van der Waals surface area (Å²) in [4.78, 5) is 14.3. The van der Waals surface area contributed by atoms with Gasteiger partial charge in [-0.3, -0.25) is 14.8 Å². The molecule has 25 heavy (non-hydrogen) atoms. The van der Waals surface area contributed by atoms with Crippen LogP contribution in [0.4, 0.5) is 0 Å². The molecule has 0 bridgehead atoms. The molecule has 1 saturated heterocycles. The van der Waals surface area contributed by atoms with Gasteiger partial charge >= 0.3 is 0 Å². The van der Waals surface area contributed by atoms with Crippen LogP contribution >= 0.6 is 36.2 Å². The minimum Gasteiger partial charge on any atom is -0.364 e. The molecule has 1 aliphatic heterocycles. The quantitative estimate of drug-likeness (QED) is 0.562. The van der Waals surface area contributed by atoms with Crippen molar-refractivity contribution in [2.45, 2.75) is 38.5 Å². The number of hydrogen-bond donors (Lipinski definition) is 1. The number of hydrazine groups is 1. The topological polar surface area (TPSA) is 38.8 Å². The summed E-state index contributed by atoms with van der Waals surface area (Å²) >= 11 is 12.1. The van der Waals surface area contributed by atoms with Crippen molar-refractivity contribution < 1.29 is 4.79 Å². The summed E-state index contributed by atoms with van der Waals surface area (Å²) in [6, 6.07) is 0. The molecule has 0 aromatic heterocycles. The highest BCUT2D eigenvalue weighted by molar-refractivity contribution is 8.23. The smallest absolute Gasteiger partial charge is 0.251 e. The molecule has 2 aliphatic rings. The summed E-state index contributed by atoms with van der Waals surface area (Å²) in [6.45, 7) is 2.35. The third-order valence-corrected chi connectivity index (χ3v) is 6.42. The molecule has 0 spiro atoms. The molecule has 5 nitrogen and oxygen atoms in total. The summed E-state index contributed by atoms with van der Waals surface area (Å²) in [7, 11) is 3.78. The average molecular weight is 401 g/mol. The number of rotatable bonds is 5. The van der Waals surface area contributed by atoms with E-state index in [9.17, 15) is 4.79 Å². The molecule has 1 N–H and O–H groups in total. The van der Waals surface area contributed by atoms with Gasteiger partial charge in [-0.05, 0) is 50.7 Å². The summed E-state index contributed by atoms with van der Waals surface area (Å²) in [5.41, 5.74) is 1.53. The van der Waals surface area contributed by atoms with Gasteiger partial charge in [0.05, 0.1) is 5.75 Å². The molecular weight excluding hydrogens is 372 g/mol. The molecule has 0 aromatic rings. The van der Waals surface area contributed by atoms with Gasteiger partial charge in [-0.2, -0.15) is 0 Å². The van der Waals surface area contributed by atoms with E-state index in [-0.39, 0.29) is 5.91 Å². The van der Waals surface area contributed by atoms with Gasteiger partial charge in [0, 0.05) is 33.7 Å². The van der Waals surface area contributed by atoms with E-state index in [2.05, 4.69) is 11.4 Å². The van der Waals surface area contributed by atoms with E-state index >= 15 is 0 Å². The van der Waals surface area contributed by atoms with Crippen molar-refractivity contribution in [1.82, 2.24) is 20.2 Å². The standard InChI is InChI=1S/C17H28N4OS3/c1-19(2)17(24)25-13-15(22)20-11-6-12-21(20)16(23)18-10-9-14-7-4-3-5-8-14/h7H,3-6,8-13H2,1-2H3,(H,18,23). The van der Waals surface area contributed by atoms with Crippen LogP contribution in [0.5, 0.6) is 0 Å². The van der Waals surface area contributed by atoms with E-state index in [0.717, 1.165) is 36.8 Å². The van der Waals surface area contributed by atoms with Crippen molar-refractivity contribution in [3.05, 3.63) is 11.6 Å². The summed E-state index contributed by atoms with van der Waals surface area (Å²) < 4.78 is 0.723. The van der Waals surface area contributed by atoms with E-state index in [4.69, 9.17) is 24.4 Å². The lowest BCUT2D eigenvalue weighted by molar-refractivity contribution is -0.135. The molecular formula is C17H28N4OS3. The number of amides is 1. The second-order valence-corrected chi connectivity index (χ2v) is 8.53. The van der Waals surface area contributed by atoms with Crippen LogP contribution in [0.15, 0.2) is 11.6 Å². The lowest BCUT2D eigenvalue weighted by Crippen LogP contribution is -2.50. The first-order valence-corrected chi connectivity index (χ1v) is 10.7. The van der Waals surface area contributed by atoms with E-state index < -0.39 is 0 Å². The van der Waals surface area contributed by atoms with Gasteiger partial charge in [0.2, 0.25) is 0 Å². The van der Waals surface area contributed by atoms with Crippen LogP contribution < -0.4 is 5.32 Å². The second-order valence-electron chi connectivity index (χ2n) is 6.53. The van der Waals surface area contributed by atoms with Gasteiger partial charge in [0.1, 0.15) is 4.32 Å². The summed E-state index contributed by atoms with van der Waals surface area (Å²) in [5.74, 6) is 0.411. The van der Waals surface area contributed by atoms with Crippen LogP contribution in [-0.4, -0.2) is 69.7 Å². The van der Waals surface area contributed by atoms with E-state index in [1.807, 2.05) is 24.0 Å².